The van der Waals surface area contributed by atoms with Crippen LogP contribution in [0.1, 0.15) is 70.5 Å². The minimum atomic E-state index is -1.07. The number of phenolic OH excluding ortho intramolecular Hbond substituents is 1. The fourth-order valence-electron chi connectivity index (χ4n) is 3.56. The summed E-state index contributed by atoms with van der Waals surface area (Å²) < 4.78 is 0. The first-order chi connectivity index (χ1) is 16.2. The van der Waals surface area contributed by atoms with E-state index in [0.717, 1.165) is 11.1 Å². The zero-order valence-corrected chi connectivity index (χ0v) is 19.7. The van der Waals surface area contributed by atoms with E-state index in [0.29, 0.717) is 36.6 Å². The van der Waals surface area contributed by atoms with Crippen LogP contribution in [0.5, 0.6) is 5.75 Å². The van der Waals surface area contributed by atoms with E-state index in [1.54, 1.807) is 18.2 Å². The summed E-state index contributed by atoms with van der Waals surface area (Å²) in [6.07, 6.45) is 5.03. The summed E-state index contributed by atoms with van der Waals surface area (Å²) in [5.41, 5.74) is 4.23. The van der Waals surface area contributed by atoms with Gasteiger partial charge in [0.25, 0.3) is 5.91 Å². The van der Waals surface area contributed by atoms with Crippen molar-refractivity contribution in [1.29, 1.82) is 0 Å². The third-order valence-corrected chi connectivity index (χ3v) is 5.64. The van der Waals surface area contributed by atoms with Crippen molar-refractivity contribution in [3.05, 3.63) is 88.7 Å². The monoisotopic (exact) mass is 461 g/mol. The second kappa shape index (κ2) is 11.3. The maximum absolute atomic E-state index is 12.4. The van der Waals surface area contributed by atoms with Gasteiger partial charge in [0, 0.05) is 30.5 Å². The Kier molecular flexibility index (Phi) is 8.24. The number of aromatic hydroxyl groups is 1. The van der Waals surface area contributed by atoms with Crippen LogP contribution in [0, 0.1) is 0 Å². The van der Waals surface area contributed by atoms with Gasteiger partial charge in [0.05, 0.1) is 11.3 Å². The van der Waals surface area contributed by atoms with Crippen molar-refractivity contribution in [2.45, 2.75) is 52.1 Å². The van der Waals surface area contributed by atoms with Crippen molar-refractivity contribution in [2.75, 3.05) is 5.32 Å². The number of hydrogen-bond donors (Lipinski definition) is 4. The lowest BCUT2D eigenvalue weighted by molar-refractivity contribution is 0.0697. The minimum absolute atomic E-state index is 0.0772. The highest BCUT2D eigenvalue weighted by atomic mass is 16.4. The first-order valence-corrected chi connectivity index (χ1v) is 11.4. The third kappa shape index (κ3) is 6.81. The normalized spacial score (nSPS) is 11.8. The summed E-state index contributed by atoms with van der Waals surface area (Å²) in [7, 11) is 0. The Labute approximate surface area is 199 Å². The average molecular weight is 462 g/mol. The van der Waals surface area contributed by atoms with Crippen LogP contribution >= 0.6 is 0 Å². The molecule has 0 radical (unpaired) electrons. The van der Waals surface area contributed by atoms with Gasteiger partial charge >= 0.3 is 5.97 Å². The number of aryl methyl sites for hydroxylation is 1. The number of pyridine rings is 1. The molecule has 0 fully saturated rings. The SMILES string of the molecule is CC(C)c1cncc(CNc2ccc(CC[C@H](C)NC(=O)c3cccc(C(=O)O)c3)cc2O)c1. The van der Waals surface area contributed by atoms with Gasteiger partial charge in [-0.1, -0.05) is 32.0 Å². The van der Waals surface area contributed by atoms with Gasteiger partial charge in [-0.25, -0.2) is 4.79 Å². The summed E-state index contributed by atoms with van der Waals surface area (Å²) in [4.78, 5) is 27.8. The average Bonchev–Trinajstić information content (AvgIpc) is 2.82. The van der Waals surface area contributed by atoms with Gasteiger partial charge < -0.3 is 20.8 Å². The second-order valence-electron chi connectivity index (χ2n) is 8.79. The largest absolute Gasteiger partial charge is 0.506 e. The van der Waals surface area contributed by atoms with E-state index in [4.69, 9.17) is 5.11 Å². The molecule has 0 bridgehead atoms. The molecule has 3 rings (SSSR count). The summed E-state index contributed by atoms with van der Waals surface area (Å²) in [6, 6.07) is 13.5. The van der Waals surface area contributed by atoms with E-state index in [2.05, 4.69) is 35.5 Å². The van der Waals surface area contributed by atoms with E-state index in [1.807, 2.05) is 31.5 Å². The van der Waals surface area contributed by atoms with Gasteiger partial charge in [0.15, 0.2) is 0 Å². The number of anilines is 1. The first kappa shape index (κ1) is 24.8. The number of phenols is 1. The molecule has 3 aromatic rings. The Balaban J connectivity index is 1.52. The maximum Gasteiger partial charge on any atom is 0.335 e. The van der Waals surface area contributed by atoms with Crippen LogP contribution in [0.25, 0.3) is 0 Å². The Bertz CT molecular complexity index is 1160. The van der Waals surface area contributed by atoms with Gasteiger partial charge in [-0.05, 0) is 72.7 Å². The molecule has 0 saturated carbocycles. The molecule has 178 valence electrons. The second-order valence-corrected chi connectivity index (χ2v) is 8.79. The highest BCUT2D eigenvalue weighted by molar-refractivity contribution is 5.97. The number of rotatable bonds is 10. The first-order valence-electron chi connectivity index (χ1n) is 11.4. The predicted octanol–water partition coefficient (Wildman–Crippen LogP) is 4.97. The van der Waals surface area contributed by atoms with E-state index in [1.165, 1.54) is 17.7 Å². The quantitative estimate of drug-likeness (QED) is 0.317. The van der Waals surface area contributed by atoms with Gasteiger partial charge in [-0.15, -0.1) is 0 Å². The van der Waals surface area contributed by atoms with Crippen LogP contribution in [0.4, 0.5) is 5.69 Å². The lowest BCUT2D eigenvalue weighted by Crippen LogP contribution is -2.33. The lowest BCUT2D eigenvalue weighted by atomic mass is 10.0. The molecule has 1 amide bonds. The van der Waals surface area contributed by atoms with Gasteiger partial charge in [0.1, 0.15) is 5.75 Å². The van der Waals surface area contributed by atoms with Crippen LogP contribution in [0.3, 0.4) is 0 Å². The third-order valence-electron chi connectivity index (χ3n) is 5.64. The minimum Gasteiger partial charge on any atom is -0.506 e. The fourth-order valence-corrected chi connectivity index (χ4v) is 3.56. The van der Waals surface area contributed by atoms with Crippen LogP contribution in [-0.4, -0.2) is 33.1 Å². The molecule has 0 spiro atoms. The number of carbonyl (C=O) groups excluding carboxylic acids is 1. The van der Waals surface area contributed by atoms with E-state index >= 15 is 0 Å². The summed E-state index contributed by atoms with van der Waals surface area (Å²) in [6.45, 7) is 6.71. The summed E-state index contributed by atoms with van der Waals surface area (Å²) in [5, 5.41) is 25.7. The Morgan fingerprint density at radius 1 is 0.971 bits per heavy atom. The van der Waals surface area contributed by atoms with Crippen LogP contribution in [0.15, 0.2) is 60.9 Å². The number of aromatic carboxylic acids is 1. The van der Waals surface area contributed by atoms with Crippen molar-refractivity contribution < 1.29 is 19.8 Å². The van der Waals surface area contributed by atoms with Crippen molar-refractivity contribution in [2.24, 2.45) is 0 Å². The standard InChI is InChI=1S/C27H31N3O4/c1-17(2)23-11-20(14-28-16-23)15-29-24-10-9-19(12-25(24)31)8-7-18(3)30-26(32)21-5-4-6-22(13-21)27(33)34/h4-6,9-14,16-18,29,31H,7-8,15H2,1-3H3,(H,30,32)(H,33,34)/t18-/m0/s1. The van der Waals surface area contributed by atoms with Crippen LogP contribution in [-0.2, 0) is 13.0 Å². The van der Waals surface area contributed by atoms with Crippen LogP contribution in [0.2, 0.25) is 0 Å². The number of carboxylic acids is 1. The number of aromatic nitrogens is 1. The number of hydrogen-bond acceptors (Lipinski definition) is 5. The Morgan fingerprint density at radius 3 is 2.44 bits per heavy atom. The number of carbonyl (C=O) groups is 2. The van der Waals surface area contributed by atoms with Gasteiger partial charge in [-0.2, -0.15) is 0 Å². The highest BCUT2D eigenvalue weighted by Gasteiger charge is 2.13. The fraction of sp³-hybridized carbons (Fsp3) is 0.296. The molecule has 0 aliphatic heterocycles. The van der Waals surface area contributed by atoms with Crippen LogP contribution < -0.4 is 10.6 Å². The molecule has 34 heavy (non-hydrogen) atoms. The Hall–Kier alpha value is -3.87. The van der Waals surface area contributed by atoms with Crippen molar-refractivity contribution >= 4 is 17.6 Å². The molecule has 0 saturated heterocycles. The highest BCUT2D eigenvalue weighted by Crippen LogP contribution is 2.26. The number of benzene rings is 2. The topological polar surface area (TPSA) is 112 Å². The summed E-state index contributed by atoms with van der Waals surface area (Å²) in [5.74, 6) is -0.801. The van der Waals surface area contributed by atoms with E-state index in [-0.39, 0.29) is 23.3 Å². The van der Waals surface area contributed by atoms with Crippen molar-refractivity contribution in [3.63, 3.8) is 0 Å². The predicted molar refractivity (Wildman–Crippen MR) is 132 cm³/mol. The zero-order valence-electron chi connectivity index (χ0n) is 19.7. The molecule has 7 heteroatoms. The Morgan fingerprint density at radius 2 is 1.74 bits per heavy atom. The number of nitrogens with zero attached hydrogens (tertiary/aromatic N) is 1. The number of carboxylic acid groups (broad SMARTS) is 1. The molecule has 1 atom stereocenters. The summed E-state index contributed by atoms with van der Waals surface area (Å²) >= 11 is 0. The molecule has 7 nitrogen and oxygen atoms in total. The molecule has 1 heterocycles. The number of amides is 1. The molecule has 4 N–H and O–H groups in total. The van der Waals surface area contributed by atoms with Gasteiger partial charge in [-0.3, -0.25) is 9.78 Å². The molecule has 0 unspecified atom stereocenters. The van der Waals surface area contributed by atoms with E-state index in [9.17, 15) is 14.7 Å². The number of nitrogens with one attached hydrogen (secondary N) is 2. The van der Waals surface area contributed by atoms with Crippen molar-refractivity contribution in [1.82, 2.24) is 10.3 Å². The van der Waals surface area contributed by atoms with E-state index < -0.39 is 5.97 Å². The zero-order chi connectivity index (χ0) is 24.7. The maximum atomic E-state index is 12.4. The lowest BCUT2D eigenvalue weighted by Gasteiger charge is -2.15. The molecule has 1 aromatic heterocycles. The molecular weight excluding hydrogens is 430 g/mol. The van der Waals surface area contributed by atoms with Gasteiger partial charge in [0.2, 0.25) is 0 Å². The van der Waals surface area contributed by atoms with Crippen molar-refractivity contribution in [3.8, 4) is 5.75 Å². The molecule has 0 aliphatic carbocycles. The molecule has 2 aromatic carbocycles. The smallest absolute Gasteiger partial charge is 0.335 e. The molecule has 0 aliphatic rings. The molecular formula is C27H31N3O4.